The van der Waals surface area contributed by atoms with Crippen molar-refractivity contribution >= 4 is 26.7 Å². The van der Waals surface area contributed by atoms with Gasteiger partial charge < -0.3 is 5.73 Å². The second-order valence-electron chi connectivity index (χ2n) is 4.94. The summed E-state index contributed by atoms with van der Waals surface area (Å²) in [6, 6.07) is 13.6. The lowest BCUT2D eigenvalue weighted by atomic mass is 10.0. The first kappa shape index (κ1) is 15.4. The summed E-state index contributed by atoms with van der Waals surface area (Å²) in [5.41, 5.74) is 9.64. The van der Waals surface area contributed by atoms with Gasteiger partial charge in [0.2, 0.25) is 0 Å². The van der Waals surface area contributed by atoms with Gasteiger partial charge in [-0.15, -0.1) is 0 Å². The minimum Gasteiger partial charge on any atom is -0.323 e. The maximum Gasteiger partial charge on any atom is 0.0549 e. The van der Waals surface area contributed by atoms with Gasteiger partial charge in [0.05, 0.1) is 10.8 Å². The van der Waals surface area contributed by atoms with Crippen molar-refractivity contribution in [3.8, 4) is 0 Å². The van der Waals surface area contributed by atoms with Crippen molar-refractivity contribution in [2.75, 3.05) is 5.75 Å². The van der Waals surface area contributed by atoms with Crippen molar-refractivity contribution in [2.45, 2.75) is 24.8 Å². The van der Waals surface area contributed by atoms with Crippen LogP contribution in [0.15, 0.2) is 51.8 Å². The zero-order valence-electron chi connectivity index (χ0n) is 11.6. The summed E-state index contributed by atoms with van der Waals surface area (Å²) in [5.74, 6) is 0.431. The van der Waals surface area contributed by atoms with E-state index in [4.69, 9.17) is 5.73 Å². The molecule has 2 aromatic carbocycles. The molecule has 0 aliphatic rings. The fourth-order valence-electron chi connectivity index (χ4n) is 2.12. The van der Waals surface area contributed by atoms with E-state index in [0.29, 0.717) is 5.75 Å². The van der Waals surface area contributed by atoms with E-state index >= 15 is 0 Å². The summed E-state index contributed by atoms with van der Waals surface area (Å²) >= 11 is 3.40. The molecule has 0 aliphatic carbocycles. The second-order valence-corrected chi connectivity index (χ2v) is 7.35. The average Bonchev–Trinajstić information content (AvgIpc) is 2.41. The molecule has 0 radical (unpaired) electrons. The van der Waals surface area contributed by atoms with Crippen molar-refractivity contribution in [1.82, 2.24) is 0 Å². The molecule has 0 bridgehead atoms. The van der Waals surface area contributed by atoms with Crippen LogP contribution in [0.5, 0.6) is 0 Å². The first-order valence-corrected chi connectivity index (χ1v) is 8.55. The predicted molar refractivity (Wildman–Crippen MR) is 88.3 cm³/mol. The molecule has 0 aliphatic heterocycles. The van der Waals surface area contributed by atoms with E-state index in [1.165, 1.54) is 5.56 Å². The monoisotopic (exact) mass is 351 g/mol. The van der Waals surface area contributed by atoms with Gasteiger partial charge in [-0.05, 0) is 43.2 Å². The summed E-state index contributed by atoms with van der Waals surface area (Å²) in [5, 5.41) is 0. The third-order valence-corrected chi connectivity index (χ3v) is 5.16. The number of hydrogen-bond donors (Lipinski definition) is 1. The van der Waals surface area contributed by atoms with Gasteiger partial charge in [-0.1, -0.05) is 45.8 Å². The zero-order chi connectivity index (χ0) is 14.7. The Bertz CT molecular complexity index is 642. The van der Waals surface area contributed by atoms with Crippen LogP contribution in [0, 0.1) is 13.8 Å². The van der Waals surface area contributed by atoms with Crippen molar-refractivity contribution in [3.05, 3.63) is 63.6 Å². The Balaban J connectivity index is 2.17. The molecule has 2 rings (SSSR count). The highest BCUT2D eigenvalue weighted by Gasteiger charge is 2.14. The quantitative estimate of drug-likeness (QED) is 0.908. The zero-order valence-corrected chi connectivity index (χ0v) is 14.0. The van der Waals surface area contributed by atoms with E-state index in [1.54, 1.807) is 0 Å². The minimum absolute atomic E-state index is 0.213. The average molecular weight is 352 g/mol. The third-order valence-electron chi connectivity index (χ3n) is 3.22. The van der Waals surface area contributed by atoms with Crippen LogP contribution in [0.1, 0.15) is 22.7 Å². The fraction of sp³-hybridized carbons (Fsp3) is 0.250. The summed E-state index contributed by atoms with van der Waals surface area (Å²) in [7, 11) is -1.09. The number of halogens is 1. The molecule has 0 amide bonds. The molecule has 0 saturated heterocycles. The Hall–Kier alpha value is -0.970. The highest BCUT2D eigenvalue weighted by Crippen LogP contribution is 2.21. The minimum atomic E-state index is -1.09. The lowest BCUT2D eigenvalue weighted by Gasteiger charge is -2.15. The Kier molecular flexibility index (Phi) is 5.13. The molecule has 106 valence electrons. The van der Waals surface area contributed by atoms with Crippen molar-refractivity contribution in [3.63, 3.8) is 0 Å². The highest BCUT2D eigenvalue weighted by molar-refractivity contribution is 9.10. The SMILES string of the molecule is Cc1ccc(C)c(C(N)CS(=O)c2cccc(Br)c2)c1. The van der Waals surface area contributed by atoms with Gasteiger partial charge >= 0.3 is 0 Å². The van der Waals surface area contributed by atoms with Gasteiger partial charge in [0, 0.05) is 21.2 Å². The van der Waals surface area contributed by atoms with Crippen LogP contribution in [-0.2, 0) is 10.8 Å². The topological polar surface area (TPSA) is 43.1 Å². The molecule has 2 atom stereocenters. The maximum atomic E-state index is 12.4. The van der Waals surface area contributed by atoms with Gasteiger partial charge in [-0.25, -0.2) is 0 Å². The Morgan fingerprint density at radius 2 is 1.95 bits per heavy atom. The summed E-state index contributed by atoms with van der Waals surface area (Å²) in [4.78, 5) is 0.806. The Morgan fingerprint density at radius 3 is 2.65 bits per heavy atom. The summed E-state index contributed by atoms with van der Waals surface area (Å²) in [6.07, 6.45) is 0. The van der Waals surface area contributed by atoms with Crippen LogP contribution in [0.25, 0.3) is 0 Å². The molecule has 0 fully saturated rings. The lowest BCUT2D eigenvalue weighted by Crippen LogP contribution is -2.19. The molecule has 4 heteroatoms. The van der Waals surface area contributed by atoms with Gasteiger partial charge in [0.1, 0.15) is 0 Å². The van der Waals surface area contributed by atoms with Gasteiger partial charge in [-0.2, -0.15) is 0 Å². The van der Waals surface area contributed by atoms with Crippen LogP contribution in [0.3, 0.4) is 0 Å². The van der Waals surface area contributed by atoms with E-state index in [9.17, 15) is 4.21 Å². The molecule has 2 nitrogen and oxygen atoms in total. The number of aryl methyl sites for hydroxylation is 2. The van der Waals surface area contributed by atoms with Crippen LogP contribution in [0.4, 0.5) is 0 Å². The second kappa shape index (κ2) is 6.66. The third kappa shape index (κ3) is 3.78. The molecular formula is C16H18BrNOS. The molecule has 20 heavy (non-hydrogen) atoms. The fourth-order valence-corrected chi connectivity index (χ4v) is 3.85. The standard InChI is InChI=1S/C16H18BrNOS/c1-11-6-7-12(2)15(8-11)16(18)10-20(19)14-5-3-4-13(17)9-14/h3-9,16H,10,18H2,1-2H3. The van der Waals surface area contributed by atoms with Crippen LogP contribution in [0.2, 0.25) is 0 Å². The van der Waals surface area contributed by atoms with Crippen molar-refractivity contribution < 1.29 is 4.21 Å². The first-order valence-electron chi connectivity index (χ1n) is 6.44. The Labute approximate surface area is 131 Å². The highest BCUT2D eigenvalue weighted by atomic mass is 79.9. The lowest BCUT2D eigenvalue weighted by molar-refractivity contribution is 0.675. The van der Waals surface area contributed by atoms with Crippen molar-refractivity contribution in [2.24, 2.45) is 5.73 Å². The smallest absolute Gasteiger partial charge is 0.0549 e. The number of benzene rings is 2. The molecule has 0 heterocycles. The largest absolute Gasteiger partial charge is 0.323 e. The van der Waals surface area contributed by atoms with Crippen LogP contribution in [-0.4, -0.2) is 9.96 Å². The molecular weight excluding hydrogens is 334 g/mol. The van der Waals surface area contributed by atoms with E-state index in [1.807, 2.05) is 38.1 Å². The molecule has 2 aromatic rings. The summed E-state index contributed by atoms with van der Waals surface area (Å²) in [6.45, 7) is 4.08. The number of nitrogens with two attached hydrogens (primary N) is 1. The van der Waals surface area contributed by atoms with Crippen LogP contribution >= 0.6 is 15.9 Å². The van der Waals surface area contributed by atoms with Crippen molar-refractivity contribution in [1.29, 1.82) is 0 Å². The molecule has 0 saturated carbocycles. The van der Waals surface area contributed by atoms with E-state index < -0.39 is 10.8 Å². The van der Waals surface area contributed by atoms with E-state index in [2.05, 4.69) is 34.1 Å². The van der Waals surface area contributed by atoms with Crippen LogP contribution < -0.4 is 5.73 Å². The van der Waals surface area contributed by atoms with E-state index in [0.717, 1.165) is 20.5 Å². The molecule has 2 N–H and O–H groups in total. The first-order chi connectivity index (χ1) is 9.47. The summed E-state index contributed by atoms with van der Waals surface area (Å²) < 4.78 is 13.3. The van der Waals surface area contributed by atoms with E-state index in [-0.39, 0.29) is 6.04 Å². The number of hydrogen-bond acceptors (Lipinski definition) is 2. The molecule has 2 unspecified atom stereocenters. The van der Waals surface area contributed by atoms with Gasteiger partial charge in [0.25, 0.3) is 0 Å². The Morgan fingerprint density at radius 1 is 1.20 bits per heavy atom. The van der Waals surface area contributed by atoms with Gasteiger partial charge in [0.15, 0.2) is 0 Å². The normalized spacial score (nSPS) is 14.0. The maximum absolute atomic E-state index is 12.4. The molecule has 0 spiro atoms. The predicted octanol–water partition coefficient (Wildman–Crippen LogP) is 3.87. The number of rotatable bonds is 4. The van der Waals surface area contributed by atoms with Gasteiger partial charge in [-0.3, -0.25) is 4.21 Å². The molecule has 0 aromatic heterocycles.